The molecule has 0 aromatic heterocycles. The Hall–Kier alpha value is -1.55. The van der Waals surface area contributed by atoms with E-state index in [2.05, 4.69) is 5.32 Å². The highest BCUT2D eigenvalue weighted by atomic mass is 16.5. The fourth-order valence-electron chi connectivity index (χ4n) is 1.41. The summed E-state index contributed by atoms with van der Waals surface area (Å²) in [7, 11) is 1.65. The van der Waals surface area contributed by atoms with E-state index in [0.717, 1.165) is 0 Å². The maximum absolute atomic E-state index is 11.7. The third-order valence-corrected chi connectivity index (χ3v) is 2.27. The number of nitrogens with two attached hydrogens (primary N) is 1. The second kappa shape index (κ2) is 6.12. The van der Waals surface area contributed by atoms with Gasteiger partial charge >= 0.3 is 0 Å². The molecule has 0 saturated carbocycles. The molecule has 0 bridgehead atoms. The van der Waals surface area contributed by atoms with Crippen LogP contribution in [0.2, 0.25) is 0 Å². The van der Waals surface area contributed by atoms with Crippen LogP contribution < -0.4 is 11.1 Å². The van der Waals surface area contributed by atoms with Gasteiger partial charge in [0.15, 0.2) is 0 Å². The molecular weight excluding hydrogens is 204 g/mol. The number of hydrogen-bond acceptors (Lipinski definition) is 3. The number of methoxy groups -OCH3 is 1. The first-order valence-electron chi connectivity index (χ1n) is 5.26. The number of anilines is 1. The molecule has 4 heteroatoms. The zero-order valence-electron chi connectivity index (χ0n) is 9.69. The molecule has 0 aliphatic heterocycles. The van der Waals surface area contributed by atoms with Gasteiger partial charge in [-0.2, -0.15) is 0 Å². The van der Waals surface area contributed by atoms with Crippen LogP contribution in [0.1, 0.15) is 17.3 Å². The second-order valence-corrected chi connectivity index (χ2v) is 3.86. The second-order valence-electron chi connectivity index (χ2n) is 3.86. The topological polar surface area (TPSA) is 64.3 Å². The molecular formula is C12H18N2O2. The third kappa shape index (κ3) is 3.55. The fraction of sp³-hybridized carbons (Fsp3) is 0.417. The van der Waals surface area contributed by atoms with Crippen molar-refractivity contribution < 1.29 is 9.53 Å². The summed E-state index contributed by atoms with van der Waals surface area (Å²) in [5.41, 5.74) is 6.72. The van der Waals surface area contributed by atoms with Crippen LogP contribution in [0, 0.1) is 5.92 Å². The van der Waals surface area contributed by atoms with Crippen LogP contribution in [-0.2, 0) is 4.74 Å². The summed E-state index contributed by atoms with van der Waals surface area (Å²) in [6.45, 7) is 3.23. The predicted octanol–water partition coefficient (Wildman–Crippen LogP) is 1.28. The van der Waals surface area contributed by atoms with E-state index >= 15 is 0 Å². The number of ether oxygens (including phenoxy) is 1. The van der Waals surface area contributed by atoms with E-state index in [4.69, 9.17) is 10.5 Å². The van der Waals surface area contributed by atoms with Crippen molar-refractivity contribution in [2.24, 2.45) is 5.92 Å². The van der Waals surface area contributed by atoms with E-state index in [1.165, 1.54) is 0 Å². The summed E-state index contributed by atoms with van der Waals surface area (Å²) in [5, 5.41) is 2.83. The van der Waals surface area contributed by atoms with Crippen LogP contribution in [0.5, 0.6) is 0 Å². The van der Waals surface area contributed by atoms with Gasteiger partial charge < -0.3 is 15.8 Å². The minimum Gasteiger partial charge on any atom is -0.398 e. The Morgan fingerprint density at radius 3 is 2.81 bits per heavy atom. The molecule has 1 unspecified atom stereocenters. The predicted molar refractivity (Wildman–Crippen MR) is 64.2 cm³/mol. The number of carbonyl (C=O) groups excluding carboxylic acids is 1. The van der Waals surface area contributed by atoms with Crippen LogP contribution in [0.15, 0.2) is 24.3 Å². The van der Waals surface area contributed by atoms with E-state index < -0.39 is 0 Å². The molecule has 0 radical (unpaired) electrons. The van der Waals surface area contributed by atoms with Crippen LogP contribution in [0.4, 0.5) is 5.69 Å². The number of amides is 1. The Kier molecular flexibility index (Phi) is 4.79. The molecule has 0 saturated heterocycles. The maximum Gasteiger partial charge on any atom is 0.253 e. The van der Waals surface area contributed by atoms with Gasteiger partial charge in [0.1, 0.15) is 0 Å². The molecule has 0 spiro atoms. The maximum atomic E-state index is 11.7. The molecule has 0 aliphatic carbocycles. The molecule has 1 aromatic carbocycles. The van der Waals surface area contributed by atoms with Crippen LogP contribution in [0.3, 0.4) is 0 Å². The van der Waals surface area contributed by atoms with Gasteiger partial charge in [0, 0.05) is 19.3 Å². The summed E-state index contributed by atoms with van der Waals surface area (Å²) in [5.74, 6) is 0.153. The number of hydrogen-bond donors (Lipinski definition) is 2. The minimum absolute atomic E-state index is 0.138. The molecule has 4 nitrogen and oxygen atoms in total. The highest BCUT2D eigenvalue weighted by Gasteiger charge is 2.09. The standard InChI is InChI=1S/C12H18N2O2/c1-9(8-16-2)7-14-12(15)10-5-3-4-6-11(10)13/h3-6,9H,7-8,13H2,1-2H3,(H,14,15). The third-order valence-electron chi connectivity index (χ3n) is 2.27. The first kappa shape index (κ1) is 12.5. The molecule has 0 heterocycles. The molecule has 1 rings (SSSR count). The first-order chi connectivity index (χ1) is 7.65. The zero-order valence-corrected chi connectivity index (χ0v) is 9.69. The SMILES string of the molecule is COCC(C)CNC(=O)c1ccccc1N. The largest absolute Gasteiger partial charge is 0.398 e. The van der Waals surface area contributed by atoms with Gasteiger partial charge in [-0.3, -0.25) is 4.79 Å². The van der Waals surface area contributed by atoms with Crippen molar-refractivity contribution >= 4 is 11.6 Å². The van der Waals surface area contributed by atoms with Crippen LogP contribution in [0.25, 0.3) is 0 Å². The summed E-state index contributed by atoms with van der Waals surface area (Å²) in [6, 6.07) is 7.03. The molecule has 1 amide bonds. The monoisotopic (exact) mass is 222 g/mol. The van der Waals surface area contributed by atoms with E-state index in [0.29, 0.717) is 30.3 Å². The molecule has 0 fully saturated rings. The fourth-order valence-corrected chi connectivity index (χ4v) is 1.41. The lowest BCUT2D eigenvalue weighted by Crippen LogP contribution is -2.30. The van der Waals surface area contributed by atoms with Gasteiger partial charge in [0.2, 0.25) is 0 Å². The van der Waals surface area contributed by atoms with Gasteiger partial charge in [0.25, 0.3) is 5.91 Å². The number of carbonyl (C=O) groups is 1. The molecule has 0 aliphatic rings. The number of rotatable bonds is 5. The van der Waals surface area contributed by atoms with Crippen LogP contribution >= 0.6 is 0 Å². The van der Waals surface area contributed by atoms with Gasteiger partial charge in [-0.1, -0.05) is 19.1 Å². The van der Waals surface area contributed by atoms with Gasteiger partial charge in [-0.25, -0.2) is 0 Å². The Bertz CT molecular complexity index is 353. The lowest BCUT2D eigenvalue weighted by molar-refractivity contribution is 0.0935. The van der Waals surface area contributed by atoms with E-state index in [9.17, 15) is 4.79 Å². The van der Waals surface area contributed by atoms with E-state index in [-0.39, 0.29) is 5.91 Å². The summed E-state index contributed by atoms with van der Waals surface area (Å²) >= 11 is 0. The lowest BCUT2D eigenvalue weighted by atomic mass is 10.1. The van der Waals surface area contributed by atoms with Gasteiger partial charge in [-0.05, 0) is 18.1 Å². The number of para-hydroxylation sites is 1. The lowest BCUT2D eigenvalue weighted by Gasteiger charge is -2.12. The summed E-state index contributed by atoms with van der Waals surface area (Å²) in [6.07, 6.45) is 0. The number of nitrogen functional groups attached to an aromatic ring is 1. The van der Waals surface area contributed by atoms with E-state index in [1.807, 2.05) is 6.92 Å². The number of nitrogens with one attached hydrogen (secondary N) is 1. The normalized spacial score (nSPS) is 12.1. The van der Waals surface area contributed by atoms with Gasteiger partial charge in [0.05, 0.1) is 12.2 Å². The smallest absolute Gasteiger partial charge is 0.253 e. The molecule has 1 aromatic rings. The van der Waals surface area contributed by atoms with Crippen molar-refractivity contribution in [1.29, 1.82) is 0 Å². The van der Waals surface area contributed by atoms with Crippen molar-refractivity contribution in [1.82, 2.24) is 5.32 Å². The van der Waals surface area contributed by atoms with Crippen molar-refractivity contribution in [3.05, 3.63) is 29.8 Å². The van der Waals surface area contributed by atoms with Gasteiger partial charge in [-0.15, -0.1) is 0 Å². The molecule has 16 heavy (non-hydrogen) atoms. The molecule has 1 atom stereocenters. The van der Waals surface area contributed by atoms with Crippen molar-refractivity contribution in [3.63, 3.8) is 0 Å². The average molecular weight is 222 g/mol. The summed E-state index contributed by atoms with van der Waals surface area (Å²) in [4.78, 5) is 11.7. The Balaban J connectivity index is 2.50. The molecule has 88 valence electrons. The highest BCUT2D eigenvalue weighted by molar-refractivity contribution is 5.99. The number of benzene rings is 1. The Labute approximate surface area is 95.8 Å². The van der Waals surface area contributed by atoms with E-state index in [1.54, 1.807) is 31.4 Å². The molecule has 3 N–H and O–H groups in total. The van der Waals surface area contributed by atoms with Crippen molar-refractivity contribution in [2.45, 2.75) is 6.92 Å². The van der Waals surface area contributed by atoms with Crippen molar-refractivity contribution in [2.75, 3.05) is 26.0 Å². The zero-order chi connectivity index (χ0) is 12.0. The minimum atomic E-state index is -0.138. The summed E-state index contributed by atoms with van der Waals surface area (Å²) < 4.78 is 4.99. The highest BCUT2D eigenvalue weighted by Crippen LogP contribution is 2.09. The van der Waals surface area contributed by atoms with Crippen molar-refractivity contribution in [3.8, 4) is 0 Å². The van der Waals surface area contributed by atoms with Crippen LogP contribution in [-0.4, -0.2) is 26.2 Å². The quantitative estimate of drug-likeness (QED) is 0.738. The Morgan fingerprint density at radius 1 is 1.50 bits per heavy atom. The Morgan fingerprint density at radius 2 is 2.19 bits per heavy atom. The average Bonchev–Trinajstić information content (AvgIpc) is 2.27. The first-order valence-corrected chi connectivity index (χ1v) is 5.26.